The molecule has 1 aromatic carbocycles. The lowest BCUT2D eigenvalue weighted by atomic mass is 10.0. The molecule has 0 radical (unpaired) electrons. The third kappa shape index (κ3) is 3.74. The Kier molecular flexibility index (Phi) is 5.21. The SMILES string of the molecule is O=C(NC[C@@H](c1ccccc1)N1CCOCC1)c1cccs1. The largest absolute Gasteiger partial charge is 0.379 e. The van der Waals surface area contributed by atoms with E-state index in [1.165, 1.54) is 16.9 Å². The molecule has 1 amide bonds. The quantitative estimate of drug-likeness (QED) is 0.922. The molecular weight excluding hydrogens is 296 g/mol. The van der Waals surface area contributed by atoms with Gasteiger partial charge < -0.3 is 10.1 Å². The lowest BCUT2D eigenvalue weighted by Crippen LogP contribution is -2.43. The predicted octanol–water partition coefficient (Wildman–Crippen LogP) is 2.55. The molecule has 2 aromatic rings. The summed E-state index contributed by atoms with van der Waals surface area (Å²) in [4.78, 5) is 15.3. The minimum atomic E-state index is 0.00388. The van der Waals surface area contributed by atoms with Gasteiger partial charge >= 0.3 is 0 Å². The molecule has 1 aromatic heterocycles. The van der Waals surface area contributed by atoms with Gasteiger partial charge in [0.1, 0.15) is 0 Å². The lowest BCUT2D eigenvalue weighted by Gasteiger charge is -2.34. The highest BCUT2D eigenvalue weighted by molar-refractivity contribution is 7.12. The van der Waals surface area contributed by atoms with Gasteiger partial charge in [0.2, 0.25) is 0 Å². The van der Waals surface area contributed by atoms with Crippen molar-refractivity contribution in [3.63, 3.8) is 0 Å². The third-order valence-corrected chi connectivity index (χ3v) is 4.74. The molecule has 1 aliphatic rings. The van der Waals surface area contributed by atoms with Crippen molar-refractivity contribution in [3.8, 4) is 0 Å². The van der Waals surface area contributed by atoms with Crippen molar-refractivity contribution in [2.45, 2.75) is 6.04 Å². The highest BCUT2D eigenvalue weighted by Gasteiger charge is 2.23. The van der Waals surface area contributed by atoms with Crippen LogP contribution in [0, 0.1) is 0 Å². The standard InChI is InChI=1S/C17H20N2O2S/c20-17(16-7-4-12-22-16)18-13-15(14-5-2-1-3-6-14)19-8-10-21-11-9-19/h1-7,12,15H,8-11,13H2,(H,18,20)/t15-/m0/s1. The highest BCUT2D eigenvalue weighted by Crippen LogP contribution is 2.21. The zero-order valence-corrected chi connectivity index (χ0v) is 13.2. The van der Waals surface area contributed by atoms with Crippen molar-refractivity contribution in [1.82, 2.24) is 10.2 Å². The molecule has 4 nitrogen and oxygen atoms in total. The second-order valence-electron chi connectivity index (χ2n) is 5.26. The van der Waals surface area contributed by atoms with E-state index in [-0.39, 0.29) is 11.9 Å². The summed E-state index contributed by atoms with van der Waals surface area (Å²) in [7, 11) is 0. The molecule has 22 heavy (non-hydrogen) atoms. The van der Waals surface area contributed by atoms with Gasteiger partial charge in [-0.05, 0) is 17.0 Å². The number of morpholine rings is 1. The lowest BCUT2D eigenvalue weighted by molar-refractivity contribution is 0.0162. The molecule has 0 bridgehead atoms. The summed E-state index contributed by atoms with van der Waals surface area (Å²) in [6.45, 7) is 3.91. The predicted molar refractivity (Wildman–Crippen MR) is 88.2 cm³/mol. The van der Waals surface area contributed by atoms with E-state index in [0.717, 1.165) is 31.2 Å². The van der Waals surface area contributed by atoms with E-state index >= 15 is 0 Å². The number of carbonyl (C=O) groups is 1. The number of rotatable bonds is 5. The van der Waals surface area contributed by atoms with Crippen molar-refractivity contribution in [3.05, 3.63) is 58.3 Å². The maximum atomic E-state index is 12.2. The summed E-state index contributed by atoms with van der Waals surface area (Å²) in [6.07, 6.45) is 0. The first-order valence-electron chi connectivity index (χ1n) is 7.53. The van der Waals surface area contributed by atoms with E-state index < -0.39 is 0 Å². The smallest absolute Gasteiger partial charge is 0.261 e. The van der Waals surface area contributed by atoms with Gasteiger partial charge in [-0.25, -0.2) is 0 Å². The Morgan fingerprint density at radius 2 is 1.95 bits per heavy atom. The molecule has 0 spiro atoms. The Hall–Kier alpha value is -1.69. The van der Waals surface area contributed by atoms with Gasteiger partial charge in [0.25, 0.3) is 5.91 Å². The molecular formula is C17H20N2O2S. The Balaban J connectivity index is 1.69. The highest BCUT2D eigenvalue weighted by atomic mass is 32.1. The van der Waals surface area contributed by atoms with Crippen LogP contribution >= 0.6 is 11.3 Å². The maximum absolute atomic E-state index is 12.2. The molecule has 0 saturated carbocycles. The van der Waals surface area contributed by atoms with Crippen LogP contribution in [-0.4, -0.2) is 43.7 Å². The van der Waals surface area contributed by atoms with Crippen molar-refractivity contribution in [1.29, 1.82) is 0 Å². The normalized spacial score (nSPS) is 17.1. The van der Waals surface area contributed by atoms with Crippen LogP contribution in [-0.2, 0) is 4.74 Å². The Labute approximate surface area is 134 Å². The van der Waals surface area contributed by atoms with Crippen LogP contribution in [0.1, 0.15) is 21.3 Å². The number of hydrogen-bond acceptors (Lipinski definition) is 4. The van der Waals surface area contributed by atoms with E-state index in [2.05, 4.69) is 22.3 Å². The van der Waals surface area contributed by atoms with Gasteiger partial charge in [0.15, 0.2) is 0 Å². The number of nitrogens with one attached hydrogen (secondary N) is 1. The van der Waals surface area contributed by atoms with Crippen LogP contribution in [0.25, 0.3) is 0 Å². The van der Waals surface area contributed by atoms with Crippen molar-refractivity contribution < 1.29 is 9.53 Å². The third-order valence-electron chi connectivity index (χ3n) is 3.87. The topological polar surface area (TPSA) is 41.6 Å². The molecule has 116 valence electrons. The van der Waals surface area contributed by atoms with Gasteiger partial charge in [0.05, 0.1) is 24.1 Å². The van der Waals surface area contributed by atoms with Crippen LogP contribution in [0.15, 0.2) is 47.8 Å². The summed E-state index contributed by atoms with van der Waals surface area (Å²) in [5, 5.41) is 4.99. The number of benzene rings is 1. The Morgan fingerprint density at radius 1 is 1.18 bits per heavy atom. The van der Waals surface area contributed by atoms with Gasteiger partial charge in [0, 0.05) is 19.6 Å². The van der Waals surface area contributed by atoms with E-state index in [4.69, 9.17) is 4.74 Å². The minimum Gasteiger partial charge on any atom is -0.379 e. The second-order valence-corrected chi connectivity index (χ2v) is 6.21. The zero-order valence-electron chi connectivity index (χ0n) is 12.4. The van der Waals surface area contributed by atoms with Gasteiger partial charge in [-0.2, -0.15) is 0 Å². The molecule has 1 saturated heterocycles. The average molecular weight is 316 g/mol. The molecule has 1 N–H and O–H groups in total. The van der Waals surface area contributed by atoms with Crippen LogP contribution < -0.4 is 5.32 Å². The summed E-state index contributed by atoms with van der Waals surface area (Å²) in [5.41, 5.74) is 1.23. The molecule has 1 atom stereocenters. The first-order chi connectivity index (χ1) is 10.8. The molecule has 1 fully saturated rings. The summed E-state index contributed by atoms with van der Waals surface area (Å²) in [6, 6.07) is 14.3. The molecule has 3 rings (SSSR count). The summed E-state index contributed by atoms with van der Waals surface area (Å²) in [5.74, 6) is 0.00388. The second kappa shape index (κ2) is 7.54. The van der Waals surface area contributed by atoms with Gasteiger partial charge in [-0.15, -0.1) is 11.3 Å². The van der Waals surface area contributed by atoms with E-state index in [0.29, 0.717) is 6.54 Å². The fraction of sp³-hybridized carbons (Fsp3) is 0.353. The van der Waals surface area contributed by atoms with Crippen molar-refractivity contribution in [2.24, 2.45) is 0 Å². The summed E-state index contributed by atoms with van der Waals surface area (Å²) < 4.78 is 5.44. The summed E-state index contributed by atoms with van der Waals surface area (Å²) >= 11 is 1.47. The number of amides is 1. The van der Waals surface area contributed by atoms with Crippen LogP contribution in [0.5, 0.6) is 0 Å². The molecule has 0 aliphatic carbocycles. The maximum Gasteiger partial charge on any atom is 0.261 e. The monoisotopic (exact) mass is 316 g/mol. The van der Waals surface area contributed by atoms with Gasteiger partial charge in [-0.3, -0.25) is 9.69 Å². The molecule has 5 heteroatoms. The fourth-order valence-corrected chi connectivity index (χ4v) is 3.35. The number of hydrogen-bond donors (Lipinski definition) is 1. The average Bonchev–Trinajstić information content (AvgIpc) is 3.11. The first-order valence-corrected chi connectivity index (χ1v) is 8.41. The molecule has 2 heterocycles. The van der Waals surface area contributed by atoms with Crippen molar-refractivity contribution in [2.75, 3.05) is 32.8 Å². The van der Waals surface area contributed by atoms with Crippen LogP contribution in [0.3, 0.4) is 0 Å². The minimum absolute atomic E-state index is 0.00388. The molecule has 0 unspecified atom stereocenters. The first kappa shape index (κ1) is 15.2. The van der Waals surface area contributed by atoms with Crippen LogP contribution in [0.2, 0.25) is 0 Å². The van der Waals surface area contributed by atoms with Crippen LogP contribution in [0.4, 0.5) is 0 Å². The van der Waals surface area contributed by atoms with Gasteiger partial charge in [-0.1, -0.05) is 36.4 Å². The molecule has 1 aliphatic heterocycles. The number of ether oxygens (including phenoxy) is 1. The van der Waals surface area contributed by atoms with E-state index in [1.54, 1.807) is 0 Å². The Bertz CT molecular complexity index is 580. The van der Waals surface area contributed by atoms with Crippen molar-refractivity contribution >= 4 is 17.2 Å². The Morgan fingerprint density at radius 3 is 2.64 bits per heavy atom. The zero-order chi connectivity index (χ0) is 15.2. The fourth-order valence-electron chi connectivity index (χ4n) is 2.71. The number of thiophene rings is 1. The van der Waals surface area contributed by atoms with E-state index in [9.17, 15) is 4.79 Å². The number of nitrogens with zero attached hydrogens (tertiary/aromatic N) is 1. The van der Waals surface area contributed by atoms with E-state index in [1.807, 2.05) is 35.7 Å². The number of carbonyl (C=O) groups excluding carboxylic acids is 1.